The van der Waals surface area contributed by atoms with Gasteiger partial charge in [0.15, 0.2) is 0 Å². The van der Waals surface area contributed by atoms with Crippen molar-refractivity contribution in [2.45, 2.75) is 18.8 Å². The van der Waals surface area contributed by atoms with E-state index >= 15 is 0 Å². The molecular weight excluding hydrogens is 238 g/mol. The maximum atomic E-state index is 5.39. The zero-order chi connectivity index (χ0) is 12.9. The molecule has 4 heteroatoms. The van der Waals surface area contributed by atoms with Crippen LogP contribution in [0.25, 0.3) is 0 Å². The van der Waals surface area contributed by atoms with Gasteiger partial charge in [-0.2, -0.15) is 0 Å². The van der Waals surface area contributed by atoms with Crippen molar-refractivity contribution in [2.75, 3.05) is 18.5 Å². The zero-order valence-electron chi connectivity index (χ0n) is 10.7. The van der Waals surface area contributed by atoms with Gasteiger partial charge in [0.25, 0.3) is 0 Å². The van der Waals surface area contributed by atoms with Crippen LogP contribution in [0.1, 0.15) is 24.5 Å². The van der Waals surface area contributed by atoms with Crippen LogP contribution >= 0.6 is 0 Å². The zero-order valence-corrected chi connectivity index (χ0v) is 10.7. The van der Waals surface area contributed by atoms with Gasteiger partial charge in [0, 0.05) is 36.7 Å². The summed E-state index contributed by atoms with van der Waals surface area (Å²) in [6.45, 7) is 1.66. The van der Waals surface area contributed by atoms with Gasteiger partial charge in [-0.25, -0.2) is 9.97 Å². The molecule has 0 atom stereocenters. The minimum atomic E-state index is 0.494. The Morgan fingerprint density at radius 1 is 1.05 bits per heavy atom. The Kier molecular flexibility index (Phi) is 3.70. The third-order valence-corrected chi connectivity index (χ3v) is 3.35. The van der Waals surface area contributed by atoms with E-state index in [1.54, 1.807) is 0 Å². The third-order valence-electron chi connectivity index (χ3n) is 3.35. The smallest absolute Gasteiger partial charge is 0.227 e. The molecule has 0 unspecified atom stereocenters. The monoisotopic (exact) mass is 255 g/mol. The predicted octanol–water partition coefficient (Wildman–Crippen LogP) is 3.11. The van der Waals surface area contributed by atoms with Crippen LogP contribution in [0.2, 0.25) is 0 Å². The Balaban J connectivity index is 1.76. The van der Waals surface area contributed by atoms with E-state index < -0.39 is 0 Å². The summed E-state index contributed by atoms with van der Waals surface area (Å²) < 4.78 is 5.39. The lowest BCUT2D eigenvalue weighted by molar-refractivity contribution is 0.0845. The standard InChI is InChI=1S/C15H17N3O/c1-2-4-13(5-3-1)17-15-16-9-6-14(18-15)12-7-10-19-11-8-12/h1-6,9,12H,7-8,10-11H2,(H,16,17,18). The van der Waals surface area contributed by atoms with E-state index in [1.165, 1.54) is 0 Å². The van der Waals surface area contributed by atoms with Crippen molar-refractivity contribution in [3.8, 4) is 0 Å². The van der Waals surface area contributed by atoms with Gasteiger partial charge in [-0.1, -0.05) is 18.2 Å². The molecule has 0 bridgehead atoms. The first-order valence-corrected chi connectivity index (χ1v) is 6.64. The topological polar surface area (TPSA) is 47.0 Å². The number of para-hydroxylation sites is 1. The lowest BCUT2D eigenvalue weighted by Gasteiger charge is -2.21. The molecule has 19 heavy (non-hydrogen) atoms. The maximum absolute atomic E-state index is 5.39. The van der Waals surface area contributed by atoms with Crippen molar-refractivity contribution < 1.29 is 4.74 Å². The van der Waals surface area contributed by atoms with Crippen molar-refractivity contribution >= 4 is 11.6 Å². The first-order chi connectivity index (χ1) is 9.42. The molecule has 0 spiro atoms. The van der Waals surface area contributed by atoms with Gasteiger partial charge < -0.3 is 10.1 Å². The molecule has 3 rings (SSSR count). The summed E-state index contributed by atoms with van der Waals surface area (Å²) in [5.41, 5.74) is 2.11. The highest BCUT2D eigenvalue weighted by Crippen LogP contribution is 2.25. The number of hydrogen-bond donors (Lipinski definition) is 1. The van der Waals surface area contributed by atoms with Crippen molar-refractivity contribution in [3.05, 3.63) is 48.3 Å². The van der Waals surface area contributed by atoms with Gasteiger partial charge in [-0.3, -0.25) is 0 Å². The van der Waals surface area contributed by atoms with E-state index in [0.29, 0.717) is 11.9 Å². The van der Waals surface area contributed by atoms with Crippen LogP contribution in [0.3, 0.4) is 0 Å². The Morgan fingerprint density at radius 3 is 2.63 bits per heavy atom. The number of hydrogen-bond acceptors (Lipinski definition) is 4. The number of benzene rings is 1. The molecule has 0 radical (unpaired) electrons. The van der Waals surface area contributed by atoms with Gasteiger partial charge in [0.05, 0.1) is 0 Å². The van der Waals surface area contributed by atoms with Crippen molar-refractivity contribution in [2.24, 2.45) is 0 Å². The fourth-order valence-corrected chi connectivity index (χ4v) is 2.30. The van der Waals surface area contributed by atoms with E-state index in [1.807, 2.05) is 42.6 Å². The highest BCUT2D eigenvalue weighted by molar-refractivity contribution is 5.52. The van der Waals surface area contributed by atoms with Crippen molar-refractivity contribution in [1.29, 1.82) is 0 Å². The summed E-state index contributed by atoms with van der Waals surface area (Å²) in [5.74, 6) is 1.16. The Morgan fingerprint density at radius 2 is 1.84 bits per heavy atom. The van der Waals surface area contributed by atoms with Crippen LogP contribution in [-0.4, -0.2) is 23.2 Å². The molecule has 4 nitrogen and oxygen atoms in total. The SMILES string of the molecule is c1ccc(Nc2nccc(C3CCOCC3)n2)cc1. The summed E-state index contributed by atoms with van der Waals surface area (Å²) in [7, 11) is 0. The van der Waals surface area contributed by atoms with E-state index in [9.17, 15) is 0 Å². The largest absolute Gasteiger partial charge is 0.381 e. The maximum Gasteiger partial charge on any atom is 0.227 e. The van der Waals surface area contributed by atoms with Crippen LogP contribution in [0.4, 0.5) is 11.6 Å². The lowest BCUT2D eigenvalue weighted by Crippen LogP contribution is -2.15. The molecule has 2 aromatic rings. The number of ether oxygens (including phenoxy) is 1. The summed E-state index contributed by atoms with van der Waals surface area (Å²) in [6.07, 6.45) is 3.91. The summed E-state index contributed by atoms with van der Waals surface area (Å²) in [4.78, 5) is 8.89. The molecule has 1 fully saturated rings. The molecule has 0 amide bonds. The molecule has 1 aromatic carbocycles. The second-order valence-electron chi connectivity index (χ2n) is 4.68. The van der Waals surface area contributed by atoms with Crippen LogP contribution in [0.15, 0.2) is 42.6 Å². The van der Waals surface area contributed by atoms with Crippen LogP contribution in [0.5, 0.6) is 0 Å². The van der Waals surface area contributed by atoms with E-state index in [2.05, 4.69) is 15.3 Å². The molecule has 0 saturated carbocycles. The minimum Gasteiger partial charge on any atom is -0.381 e. The third kappa shape index (κ3) is 3.09. The summed E-state index contributed by atoms with van der Waals surface area (Å²) in [6, 6.07) is 12.0. The van der Waals surface area contributed by atoms with Crippen LogP contribution < -0.4 is 5.32 Å². The molecular formula is C15H17N3O. The van der Waals surface area contributed by atoms with Crippen molar-refractivity contribution in [3.63, 3.8) is 0 Å². The number of rotatable bonds is 3. The average Bonchev–Trinajstić information content (AvgIpc) is 2.49. The summed E-state index contributed by atoms with van der Waals surface area (Å²) in [5, 5.41) is 3.23. The predicted molar refractivity (Wildman–Crippen MR) is 74.6 cm³/mol. The molecule has 2 heterocycles. The van der Waals surface area contributed by atoms with Crippen LogP contribution in [0, 0.1) is 0 Å². The first-order valence-electron chi connectivity index (χ1n) is 6.64. The molecule has 98 valence electrons. The van der Waals surface area contributed by atoms with Gasteiger partial charge in [-0.15, -0.1) is 0 Å². The van der Waals surface area contributed by atoms with Crippen LogP contribution in [-0.2, 0) is 4.74 Å². The normalized spacial score (nSPS) is 16.2. The second-order valence-corrected chi connectivity index (χ2v) is 4.68. The van der Waals surface area contributed by atoms with E-state index in [4.69, 9.17) is 4.74 Å². The molecule has 1 aromatic heterocycles. The first kappa shape index (κ1) is 12.1. The van der Waals surface area contributed by atoms with Gasteiger partial charge in [0.2, 0.25) is 5.95 Å². The fourth-order valence-electron chi connectivity index (χ4n) is 2.30. The molecule has 1 aliphatic rings. The molecule has 0 aliphatic carbocycles. The van der Waals surface area contributed by atoms with E-state index in [-0.39, 0.29) is 0 Å². The van der Waals surface area contributed by atoms with Gasteiger partial charge >= 0.3 is 0 Å². The molecule has 1 aliphatic heterocycles. The highest BCUT2D eigenvalue weighted by Gasteiger charge is 2.17. The number of nitrogens with zero attached hydrogens (tertiary/aromatic N) is 2. The fraction of sp³-hybridized carbons (Fsp3) is 0.333. The van der Waals surface area contributed by atoms with E-state index in [0.717, 1.165) is 37.4 Å². The number of nitrogens with one attached hydrogen (secondary N) is 1. The summed E-state index contributed by atoms with van der Waals surface area (Å²) >= 11 is 0. The second kappa shape index (κ2) is 5.80. The quantitative estimate of drug-likeness (QED) is 0.915. The van der Waals surface area contributed by atoms with Gasteiger partial charge in [-0.05, 0) is 31.0 Å². The molecule has 1 N–H and O–H groups in total. The lowest BCUT2D eigenvalue weighted by atomic mass is 9.96. The molecule has 1 saturated heterocycles. The Hall–Kier alpha value is -1.94. The highest BCUT2D eigenvalue weighted by atomic mass is 16.5. The van der Waals surface area contributed by atoms with Crippen molar-refractivity contribution in [1.82, 2.24) is 9.97 Å². The Labute approximate surface area is 112 Å². The number of anilines is 2. The average molecular weight is 255 g/mol. The van der Waals surface area contributed by atoms with Gasteiger partial charge in [0.1, 0.15) is 0 Å². The number of aromatic nitrogens is 2. The Bertz CT molecular complexity index is 524. The minimum absolute atomic E-state index is 0.494.